The molecule has 1 atom stereocenters. The predicted molar refractivity (Wildman–Crippen MR) is 96.6 cm³/mol. The molecule has 126 valence electrons. The van der Waals surface area contributed by atoms with Crippen LogP contribution in [0.1, 0.15) is 29.6 Å². The number of carbonyl (C=O) groups is 1. The molecule has 5 nitrogen and oxygen atoms in total. The van der Waals surface area contributed by atoms with Gasteiger partial charge < -0.3 is 15.1 Å². The molecule has 2 saturated heterocycles. The third-order valence-electron chi connectivity index (χ3n) is 5.24. The van der Waals surface area contributed by atoms with Gasteiger partial charge in [-0.2, -0.15) is 0 Å². The van der Waals surface area contributed by atoms with Gasteiger partial charge in [-0.15, -0.1) is 0 Å². The first-order valence-corrected chi connectivity index (χ1v) is 8.86. The summed E-state index contributed by atoms with van der Waals surface area (Å²) in [4.78, 5) is 22.2. The zero-order valence-corrected chi connectivity index (χ0v) is 14.2. The van der Waals surface area contributed by atoms with Crippen LogP contribution >= 0.6 is 0 Å². The number of nitrogens with zero attached hydrogens (tertiary/aromatic N) is 3. The summed E-state index contributed by atoms with van der Waals surface area (Å²) in [6.45, 7) is 3.83. The van der Waals surface area contributed by atoms with Gasteiger partial charge >= 0.3 is 0 Å². The lowest BCUT2D eigenvalue weighted by Crippen LogP contribution is -2.39. The molecule has 0 bridgehead atoms. The lowest BCUT2D eigenvalue weighted by atomic mass is 10.1. The van der Waals surface area contributed by atoms with E-state index in [0.29, 0.717) is 0 Å². The van der Waals surface area contributed by atoms with Crippen LogP contribution in [0, 0.1) is 0 Å². The number of nitrogens with one attached hydrogen (secondary N) is 1. The summed E-state index contributed by atoms with van der Waals surface area (Å²) in [5.41, 5.74) is 1.70. The summed E-state index contributed by atoms with van der Waals surface area (Å²) in [7, 11) is 1.92. The zero-order valence-electron chi connectivity index (χ0n) is 14.2. The molecule has 2 aromatic rings. The molecule has 2 aliphatic rings. The molecule has 0 saturated carbocycles. The average molecular weight is 324 g/mol. The van der Waals surface area contributed by atoms with Crippen molar-refractivity contribution in [3.63, 3.8) is 0 Å². The minimum Gasteiger partial charge on any atom is -0.356 e. The molecule has 1 aromatic carbocycles. The molecule has 0 spiro atoms. The zero-order chi connectivity index (χ0) is 16.5. The monoisotopic (exact) mass is 324 g/mol. The Hall–Kier alpha value is -2.14. The van der Waals surface area contributed by atoms with E-state index in [1.165, 1.54) is 12.8 Å². The van der Waals surface area contributed by atoms with Crippen molar-refractivity contribution in [2.24, 2.45) is 0 Å². The summed E-state index contributed by atoms with van der Waals surface area (Å²) in [6, 6.07) is 10.4. The Kier molecular flexibility index (Phi) is 4.10. The van der Waals surface area contributed by atoms with E-state index < -0.39 is 0 Å². The topological polar surface area (TPSA) is 48.5 Å². The number of hydrogen-bond donors (Lipinski definition) is 1. The number of aromatic nitrogens is 1. The number of fused-ring (bicyclic) bond motifs is 1. The Morgan fingerprint density at radius 3 is 2.83 bits per heavy atom. The number of pyridine rings is 1. The summed E-state index contributed by atoms with van der Waals surface area (Å²) in [5.74, 6) is 0.942. The van der Waals surface area contributed by atoms with Crippen LogP contribution < -0.4 is 10.2 Å². The maximum absolute atomic E-state index is 13.2. The number of carbonyl (C=O) groups excluding carboxylic acids is 1. The molecule has 1 aromatic heterocycles. The molecule has 4 rings (SSSR count). The molecular formula is C19H24N4O. The van der Waals surface area contributed by atoms with Gasteiger partial charge in [0, 0.05) is 38.1 Å². The lowest BCUT2D eigenvalue weighted by Gasteiger charge is -2.27. The number of likely N-dealkylation sites (N-methyl/N-ethyl adjacent to an activating group) is 1. The first kappa shape index (κ1) is 15.4. The van der Waals surface area contributed by atoms with Crippen molar-refractivity contribution in [3.8, 4) is 0 Å². The van der Waals surface area contributed by atoms with Crippen LogP contribution in [0.4, 0.5) is 5.82 Å². The number of para-hydroxylation sites is 1. The molecule has 24 heavy (non-hydrogen) atoms. The smallest absolute Gasteiger partial charge is 0.257 e. The highest BCUT2D eigenvalue weighted by Gasteiger charge is 2.28. The minimum absolute atomic E-state index is 0.0869. The maximum atomic E-state index is 13.2. The summed E-state index contributed by atoms with van der Waals surface area (Å²) in [5, 5.41) is 4.37. The highest BCUT2D eigenvalue weighted by atomic mass is 16.2. The molecule has 0 aliphatic carbocycles. The second-order valence-electron chi connectivity index (χ2n) is 6.81. The van der Waals surface area contributed by atoms with Gasteiger partial charge in [-0.3, -0.25) is 4.79 Å². The second kappa shape index (κ2) is 6.40. The standard InChI is InChI=1S/C19H24N4O/c1-22(15-8-9-20-13-15)19(24)16-12-14-6-2-3-7-17(14)21-18(16)23-10-4-5-11-23/h2-3,6-7,12,15,20H,4-5,8-11,13H2,1H3/t15-/m0/s1. The fraction of sp³-hybridized carbons (Fsp3) is 0.474. The van der Waals surface area contributed by atoms with Crippen molar-refractivity contribution in [3.05, 3.63) is 35.9 Å². The molecule has 0 radical (unpaired) electrons. The van der Waals surface area contributed by atoms with Crippen molar-refractivity contribution in [1.29, 1.82) is 0 Å². The normalized spacial score (nSPS) is 20.7. The third kappa shape index (κ3) is 2.73. The van der Waals surface area contributed by atoms with Crippen LogP contribution in [0.15, 0.2) is 30.3 Å². The van der Waals surface area contributed by atoms with Crippen LogP contribution in [0.3, 0.4) is 0 Å². The molecule has 0 unspecified atom stereocenters. The Morgan fingerprint density at radius 2 is 2.08 bits per heavy atom. The maximum Gasteiger partial charge on any atom is 0.257 e. The quantitative estimate of drug-likeness (QED) is 0.941. The van der Waals surface area contributed by atoms with Crippen LogP contribution in [0.25, 0.3) is 10.9 Å². The van der Waals surface area contributed by atoms with Gasteiger partial charge in [0.25, 0.3) is 5.91 Å². The van der Waals surface area contributed by atoms with E-state index >= 15 is 0 Å². The van der Waals surface area contributed by atoms with Crippen LogP contribution in [0.2, 0.25) is 0 Å². The summed E-state index contributed by atoms with van der Waals surface area (Å²) in [6.07, 6.45) is 3.36. The van der Waals surface area contributed by atoms with E-state index in [0.717, 1.165) is 54.9 Å². The third-order valence-corrected chi connectivity index (χ3v) is 5.24. The van der Waals surface area contributed by atoms with E-state index in [9.17, 15) is 4.79 Å². The Labute approximate surface area is 142 Å². The molecule has 5 heteroatoms. The Bertz CT molecular complexity index is 748. The van der Waals surface area contributed by atoms with E-state index in [1.54, 1.807) is 0 Å². The van der Waals surface area contributed by atoms with Crippen molar-refractivity contribution in [2.45, 2.75) is 25.3 Å². The van der Waals surface area contributed by atoms with Crippen molar-refractivity contribution in [1.82, 2.24) is 15.2 Å². The molecule has 1 amide bonds. The molecular weight excluding hydrogens is 300 g/mol. The van der Waals surface area contributed by atoms with Crippen LogP contribution in [-0.4, -0.2) is 55.1 Å². The Morgan fingerprint density at radius 1 is 1.29 bits per heavy atom. The number of rotatable bonds is 3. The SMILES string of the molecule is CN(C(=O)c1cc2ccccc2nc1N1CCCC1)[C@H]1CCNC1. The highest BCUT2D eigenvalue weighted by molar-refractivity contribution is 6.02. The van der Waals surface area contributed by atoms with E-state index in [2.05, 4.69) is 10.2 Å². The fourth-order valence-corrected chi connectivity index (χ4v) is 3.76. The highest BCUT2D eigenvalue weighted by Crippen LogP contribution is 2.28. The van der Waals surface area contributed by atoms with Gasteiger partial charge in [-0.25, -0.2) is 4.98 Å². The molecule has 2 fully saturated rings. The number of amides is 1. The molecule has 1 N–H and O–H groups in total. The summed E-state index contributed by atoms with van der Waals surface area (Å²) >= 11 is 0. The first-order valence-electron chi connectivity index (χ1n) is 8.86. The second-order valence-corrected chi connectivity index (χ2v) is 6.81. The number of anilines is 1. The van der Waals surface area contributed by atoms with Crippen molar-refractivity contribution < 1.29 is 4.79 Å². The van der Waals surface area contributed by atoms with Gasteiger partial charge in [0.2, 0.25) is 0 Å². The van der Waals surface area contributed by atoms with E-state index in [1.807, 2.05) is 42.3 Å². The fourth-order valence-electron chi connectivity index (χ4n) is 3.76. The van der Waals surface area contributed by atoms with E-state index in [4.69, 9.17) is 4.98 Å². The van der Waals surface area contributed by atoms with Gasteiger partial charge in [0.05, 0.1) is 11.1 Å². The largest absolute Gasteiger partial charge is 0.356 e. The molecule has 3 heterocycles. The minimum atomic E-state index is 0.0869. The van der Waals surface area contributed by atoms with Crippen molar-refractivity contribution in [2.75, 3.05) is 38.1 Å². The van der Waals surface area contributed by atoms with E-state index in [-0.39, 0.29) is 11.9 Å². The Balaban J connectivity index is 1.76. The average Bonchev–Trinajstić information content (AvgIpc) is 3.32. The van der Waals surface area contributed by atoms with Crippen molar-refractivity contribution >= 4 is 22.6 Å². The van der Waals surface area contributed by atoms with Gasteiger partial charge in [0.1, 0.15) is 5.82 Å². The van der Waals surface area contributed by atoms with Gasteiger partial charge in [-0.1, -0.05) is 18.2 Å². The summed E-state index contributed by atoms with van der Waals surface area (Å²) < 4.78 is 0. The van der Waals surface area contributed by atoms with Gasteiger partial charge in [0.15, 0.2) is 0 Å². The lowest BCUT2D eigenvalue weighted by molar-refractivity contribution is 0.0744. The van der Waals surface area contributed by atoms with Gasteiger partial charge in [-0.05, 0) is 37.9 Å². The first-order chi connectivity index (χ1) is 11.7. The predicted octanol–water partition coefficient (Wildman–Crippen LogP) is 2.27. The van der Waals surface area contributed by atoms with Crippen LogP contribution in [-0.2, 0) is 0 Å². The number of hydrogen-bond acceptors (Lipinski definition) is 4. The van der Waals surface area contributed by atoms with Crippen LogP contribution in [0.5, 0.6) is 0 Å². The molecule has 2 aliphatic heterocycles. The number of benzene rings is 1.